The maximum absolute atomic E-state index is 12.1. The molecule has 190 valence electrons. The molecular formula is C28H29FN6OS. The van der Waals surface area contributed by atoms with E-state index in [1.807, 2.05) is 24.3 Å². The molecule has 0 aliphatic carbocycles. The number of rotatable bonds is 7. The van der Waals surface area contributed by atoms with Gasteiger partial charge in [0, 0.05) is 28.1 Å². The average molecular weight is 517 g/mol. The van der Waals surface area contributed by atoms with Crippen molar-refractivity contribution in [3.63, 3.8) is 0 Å². The van der Waals surface area contributed by atoms with Crippen LogP contribution in [0, 0.1) is 13.8 Å². The number of hydrogen-bond donors (Lipinski definition) is 1. The molecule has 3 aromatic rings. The standard InChI is InChI=1S/C28H29FN6OS/c1-20-6-5-7-21(2)26(20)35-16-3-4-17-37-28(35)34-33-18-22-8-10-23(11-9-22)27(30)32-19-31-24-12-14-25(36-29)15-13-24/h5-15,18-19H,3-4,16-17H2,1-2H3,(H2,30,31,32)/b33-18+,34-28-. The van der Waals surface area contributed by atoms with Gasteiger partial charge < -0.3 is 10.6 Å². The fourth-order valence-corrected chi connectivity index (χ4v) is 4.91. The van der Waals surface area contributed by atoms with Gasteiger partial charge in [0.15, 0.2) is 10.9 Å². The molecule has 1 heterocycles. The Morgan fingerprint density at radius 3 is 2.43 bits per heavy atom. The van der Waals surface area contributed by atoms with E-state index in [9.17, 15) is 4.53 Å². The summed E-state index contributed by atoms with van der Waals surface area (Å²) in [5, 5.41) is 9.92. The number of anilines is 1. The first-order valence-electron chi connectivity index (χ1n) is 12.0. The van der Waals surface area contributed by atoms with Gasteiger partial charge in [-0.3, -0.25) is 4.94 Å². The molecule has 0 saturated carbocycles. The number of nitrogens with zero attached hydrogens (tertiary/aromatic N) is 5. The third-order valence-electron chi connectivity index (χ3n) is 5.83. The first-order valence-corrected chi connectivity index (χ1v) is 13.0. The molecule has 0 unspecified atom stereocenters. The van der Waals surface area contributed by atoms with Gasteiger partial charge in [-0.25, -0.2) is 9.98 Å². The summed E-state index contributed by atoms with van der Waals surface area (Å²) in [7, 11) is 0. The molecule has 0 atom stereocenters. The predicted molar refractivity (Wildman–Crippen MR) is 153 cm³/mol. The van der Waals surface area contributed by atoms with Crippen LogP contribution in [-0.2, 0) is 0 Å². The Bertz CT molecular complexity index is 1300. The van der Waals surface area contributed by atoms with E-state index in [1.165, 1.54) is 35.3 Å². The van der Waals surface area contributed by atoms with Gasteiger partial charge in [0.1, 0.15) is 12.2 Å². The molecule has 1 fully saturated rings. The third kappa shape index (κ3) is 7.04. The SMILES string of the molecule is Cc1cccc(C)c1N1CCCCS/C1=N\N=C\c1ccc(C(N)=NC=Nc2ccc(OF)cc2)cc1. The monoisotopic (exact) mass is 516 g/mol. The van der Waals surface area contributed by atoms with Crippen LogP contribution in [0.3, 0.4) is 0 Å². The molecule has 1 aliphatic rings. The summed E-state index contributed by atoms with van der Waals surface area (Å²) < 4.78 is 12.1. The van der Waals surface area contributed by atoms with E-state index < -0.39 is 0 Å². The highest BCUT2D eigenvalue weighted by Crippen LogP contribution is 2.30. The van der Waals surface area contributed by atoms with Gasteiger partial charge in [-0.05, 0) is 67.6 Å². The summed E-state index contributed by atoms with van der Waals surface area (Å²) >= 11 is 1.75. The van der Waals surface area contributed by atoms with Gasteiger partial charge in [0.05, 0.1) is 11.9 Å². The molecule has 3 aromatic carbocycles. The molecular weight excluding hydrogens is 487 g/mol. The molecule has 4 rings (SSSR count). The zero-order chi connectivity index (χ0) is 26.0. The lowest BCUT2D eigenvalue weighted by atomic mass is 10.1. The number of benzene rings is 3. The van der Waals surface area contributed by atoms with Gasteiger partial charge in [-0.1, -0.05) is 54.2 Å². The second kappa shape index (κ2) is 12.8. The maximum atomic E-state index is 12.1. The summed E-state index contributed by atoms with van der Waals surface area (Å²) in [4.78, 5) is 14.3. The molecule has 9 heteroatoms. The second-order valence-corrected chi connectivity index (χ2v) is 9.59. The largest absolute Gasteiger partial charge is 0.383 e. The Kier molecular flexibility index (Phi) is 9.04. The molecule has 2 N–H and O–H groups in total. The topological polar surface area (TPSA) is 87.9 Å². The number of aliphatic imine (C=N–C) groups is 2. The van der Waals surface area contributed by atoms with Crippen LogP contribution < -0.4 is 15.6 Å². The smallest absolute Gasteiger partial charge is 0.190 e. The number of nitrogens with two attached hydrogens (primary N) is 1. The van der Waals surface area contributed by atoms with E-state index in [2.05, 4.69) is 62.1 Å². The first kappa shape index (κ1) is 26.1. The fourth-order valence-electron chi connectivity index (χ4n) is 3.93. The molecule has 7 nitrogen and oxygen atoms in total. The van der Waals surface area contributed by atoms with Gasteiger partial charge in [-0.2, -0.15) is 5.10 Å². The molecule has 0 radical (unpaired) electrons. The molecule has 0 aromatic heterocycles. The second-order valence-electron chi connectivity index (χ2n) is 8.53. The van der Waals surface area contributed by atoms with Crippen molar-refractivity contribution in [2.75, 3.05) is 17.2 Å². The number of hydrogen-bond acceptors (Lipinski definition) is 5. The normalized spacial score (nSPS) is 16.0. The highest BCUT2D eigenvalue weighted by Gasteiger charge is 2.20. The molecule has 37 heavy (non-hydrogen) atoms. The Morgan fingerprint density at radius 2 is 1.73 bits per heavy atom. The summed E-state index contributed by atoms with van der Waals surface area (Å²) in [5.74, 6) is 1.47. The van der Waals surface area contributed by atoms with E-state index in [4.69, 9.17) is 5.73 Å². The molecule has 1 saturated heterocycles. The van der Waals surface area contributed by atoms with Crippen molar-refractivity contribution < 1.29 is 9.47 Å². The molecule has 1 aliphatic heterocycles. The van der Waals surface area contributed by atoms with Crippen LogP contribution in [0.15, 0.2) is 86.9 Å². The van der Waals surface area contributed by atoms with Gasteiger partial charge in [0.2, 0.25) is 0 Å². The van der Waals surface area contributed by atoms with E-state index in [0.29, 0.717) is 11.5 Å². The van der Waals surface area contributed by atoms with Gasteiger partial charge in [0.25, 0.3) is 0 Å². The van der Waals surface area contributed by atoms with E-state index in [-0.39, 0.29) is 5.75 Å². The van der Waals surface area contributed by atoms with Crippen LogP contribution in [0.2, 0.25) is 0 Å². The zero-order valence-corrected chi connectivity index (χ0v) is 21.7. The summed E-state index contributed by atoms with van der Waals surface area (Å²) in [6.07, 6.45) is 5.38. The first-order chi connectivity index (χ1) is 18.0. The van der Waals surface area contributed by atoms with Crippen LogP contribution in [0.4, 0.5) is 15.9 Å². The number of thioether (sulfide) groups is 1. The zero-order valence-electron chi connectivity index (χ0n) is 20.8. The van der Waals surface area contributed by atoms with Crippen LogP contribution >= 0.6 is 11.8 Å². The maximum Gasteiger partial charge on any atom is 0.190 e. The van der Waals surface area contributed by atoms with E-state index in [1.54, 1.807) is 30.1 Å². The Hall–Kier alpha value is -3.98. The predicted octanol–water partition coefficient (Wildman–Crippen LogP) is 6.36. The van der Waals surface area contributed by atoms with Gasteiger partial charge in [-0.15, -0.1) is 5.10 Å². The highest BCUT2D eigenvalue weighted by molar-refractivity contribution is 8.14. The Balaban J connectivity index is 1.44. The number of halogens is 1. The van der Waals surface area contributed by atoms with Crippen LogP contribution in [-0.4, -0.2) is 35.9 Å². The summed E-state index contributed by atoms with van der Waals surface area (Å²) in [6.45, 7) is 5.21. The minimum atomic E-state index is 0.115. The Morgan fingerprint density at radius 1 is 1.00 bits per heavy atom. The van der Waals surface area contributed by atoms with E-state index in [0.717, 1.165) is 41.4 Å². The Labute approximate surface area is 220 Å². The highest BCUT2D eigenvalue weighted by atomic mass is 32.2. The quantitative estimate of drug-likeness (QED) is 0.225. The lowest BCUT2D eigenvalue weighted by molar-refractivity contribution is -0.00618. The third-order valence-corrected chi connectivity index (χ3v) is 6.89. The van der Waals surface area contributed by atoms with Crippen LogP contribution in [0.1, 0.15) is 35.1 Å². The van der Waals surface area contributed by atoms with Crippen molar-refractivity contribution in [2.45, 2.75) is 26.7 Å². The van der Waals surface area contributed by atoms with Crippen molar-refractivity contribution in [3.8, 4) is 5.75 Å². The number of aryl methyl sites for hydroxylation is 2. The number of amidine groups is 2. The average Bonchev–Trinajstić information content (AvgIpc) is 3.15. The summed E-state index contributed by atoms with van der Waals surface area (Å²) in [6, 6.07) is 20.1. The fraction of sp³-hybridized carbons (Fsp3) is 0.214. The van der Waals surface area contributed by atoms with Crippen molar-refractivity contribution in [3.05, 3.63) is 89.0 Å². The summed E-state index contributed by atoms with van der Waals surface area (Å²) in [5.41, 5.74) is 12.1. The van der Waals surface area contributed by atoms with Crippen LogP contribution in [0.25, 0.3) is 0 Å². The molecule has 0 spiro atoms. The number of para-hydroxylation sites is 1. The lowest BCUT2D eigenvalue weighted by Gasteiger charge is -2.26. The van der Waals surface area contributed by atoms with Crippen molar-refractivity contribution in [2.24, 2.45) is 25.9 Å². The van der Waals surface area contributed by atoms with Crippen molar-refractivity contribution in [1.29, 1.82) is 0 Å². The lowest BCUT2D eigenvalue weighted by Crippen LogP contribution is -2.29. The van der Waals surface area contributed by atoms with Crippen LogP contribution in [0.5, 0.6) is 5.75 Å². The van der Waals surface area contributed by atoms with Crippen molar-refractivity contribution >= 4 is 46.7 Å². The van der Waals surface area contributed by atoms with Crippen molar-refractivity contribution in [1.82, 2.24) is 0 Å². The van der Waals surface area contributed by atoms with E-state index >= 15 is 0 Å². The minimum Gasteiger partial charge on any atom is -0.383 e. The molecule has 0 bridgehead atoms. The minimum absolute atomic E-state index is 0.115. The molecule has 0 amide bonds. The van der Waals surface area contributed by atoms with Gasteiger partial charge >= 0.3 is 0 Å².